The third-order valence-electron chi connectivity index (χ3n) is 4.22. The van der Waals surface area contributed by atoms with E-state index in [-0.39, 0.29) is 18.2 Å². The van der Waals surface area contributed by atoms with Crippen LogP contribution in [0.15, 0.2) is 42.5 Å². The minimum Gasteiger partial charge on any atom is -0.490 e. The lowest BCUT2D eigenvalue weighted by Gasteiger charge is -2.33. The lowest BCUT2D eigenvalue weighted by molar-refractivity contribution is 0.0522. The number of rotatable bonds is 9. The first kappa shape index (κ1) is 22.2. The molecule has 0 aromatic heterocycles. The number of fused-ring (bicyclic) bond motifs is 1. The maximum atomic E-state index is 12.4. The Bertz CT molecular complexity index is 767. The fourth-order valence-corrected chi connectivity index (χ4v) is 4.19. The van der Waals surface area contributed by atoms with Crippen LogP contribution in [-0.4, -0.2) is 51.2 Å². The molecule has 1 atom stereocenters. The summed E-state index contributed by atoms with van der Waals surface area (Å²) in [5.41, 5.74) is 0. The van der Waals surface area contributed by atoms with Crippen LogP contribution in [0.1, 0.15) is 20.8 Å². The molecule has 0 aliphatic rings. The zero-order valence-electron chi connectivity index (χ0n) is 17.9. The normalized spacial score (nSPS) is 12.8. The highest BCUT2D eigenvalue weighted by molar-refractivity contribution is 6.69. The van der Waals surface area contributed by atoms with Crippen molar-refractivity contribution in [3.8, 4) is 5.75 Å². The van der Waals surface area contributed by atoms with Gasteiger partial charge in [0.2, 0.25) is 0 Å². The van der Waals surface area contributed by atoms with Crippen LogP contribution in [0.4, 0.5) is 4.79 Å². The van der Waals surface area contributed by atoms with E-state index in [9.17, 15) is 4.79 Å². The average molecular weight is 404 g/mol. The summed E-state index contributed by atoms with van der Waals surface area (Å²) in [4.78, 5) is 14.1. The van der Waals surface area contributed by atoms with E-state index in [1.807, 2.05) is 45.0 Å². The number of amides is 1. The van der Waals surface area contributed by atoms with E-state index in [1.165, 1.54) is 0 Å². The number of hydrogen-bond donors (Lipinski definition) is 0. The summed E-state index contributed by atoms with van der Waals surface area (Å²) in [6.07, 6.45) is -0.538. The predicted molar refractivity (Wildman–Crippen MR) is 117 cm³/mol. The molecule has 1 unspecified atom stereocenters. The molecule has 2 aromatic carbocycles. The fourth-order valence-electron chi connectivity index (χ4n) is 3.05. The molecule has 28 heavy (non-hydrogen) atoms. The molecule has 0 fully saturated rings. The summed E-state index contributed by atoms with van der Waals surface area (Å²) in [5.74, 6) is 0.828. The third kappa shape index (κ3) is 6.53. The van der Waals surface area contributed by atoms with Gasteiger partial charge < -0.3 is 18.8 Å². The second-order valence-electron chi connectivity index (χ2n) is 8.09. The Labute approximate surface area is 169 Å². The Hall–Kier alpha value is -2.05. The molecule has 0 N–H and O–H groups in total. The molecule has 5 nitrogen and oxygen atoms in total. The van der Waals surface area contributed by atoms with E-state index in [1.54, 1.807) is 4.90 Å². The van der Waals surface area contributed by atoms with Crippen molar-refractivity contribution in [3.63, 3.8) is 0 Å². The van der Waals surface area contributed by atoms with Crippen LogP contribution < -0.4 is 4.74 Å². The zero-order chi connectivity index (χ0) is 20.7. The van der Waals surface area contributed by atoms with Gasteiger partial charge in [0.25, 0.3) is 0 Å². The quantitative estimate of drug-likeness (QED) is 0.533. The maximum absolute atomic E-state index is 12.4. The summed E-state index contributed by atoms with van der Waals surface area (Å²) in [6, 6.07) is 14.2. The number of benzene rings is 2. The highest BCUT2D eigenvalue weighted by atomic mass is 28.4. The van der Waals surface area contributed by atoms with E-state index < -0.39 is 8.32 Å². The molecule has 2 aromatic rings. The van der Waals surface area contributed by atoms with E-state index in [0.717, 1.165) is 16.5 Å². The van der Waals surface area contributed by atoms with Crippen molar-refractivity contribution < 1.29 is 18.7 Å². The van der Waals surface area contributed by atoms with Crippen LogP contribution >= 0.6 is 0 Å². The topological polar surface area (TPSA) is 48.0 Å². The number of carbonyl (C=O) groups is 1. The van der Waals surface area contributed by atoms with Crippen molar-refractivity contribution in [1.29, 1.82) is 0 Å². The monoisotopic (exact) mass is 403 g/mol. The van der Waals surface area contributed by atoms with Gasteiger partial charge in [-0.3, -0.25) is 0 Å². The molecule has 2 rings (SSSR count). The minimum atomic E-state index is -1.83. The Balaban J connectivity index is 2.17. The summed E-state index contributed by atoms with van der Waals surface area (Å²) < 4.78 is 17.7. The van der Waals surface area contributed by atoms with Crippen LogP contribution in [-0.2, 0) is 9.16 Å². The van der Waals surface area contributed by atoms with Gasteiger partial charge >= 0.3 is 6.09 Å². The van der Waals surface area contributed by atoms with Gasteiger partial charge in [0, 0.05) is 11.4 Å². The summed E-state index contributed by atoms with van der Waals surface area (Å²) in [6.45, 7) is 13.4. The van der Waals surface area contributed by atoms with Gasteiger partial charge in [-0.15, -0.1) is 0 Å². The SMILES string of the molecule is CCOC(=O)N(CC(COc1cccc2ccccc12)O[Si](C)(C)C)C(C)C. The molecule has 0 saturated carbocycles. The maximum Gasteiger partial charge on any atom is 0.410 e. The molecule has 154 valence electrons. The van der Waals surface area contributed by atoms with Gasteiger partial charge in [-0.2, -0.15) is 0 Å². The van der Waals surface area contributed by atoms with Crippen molar-refractivity contribution in [2.75, 3.05) is 19.8 Å². The molecular weight excluding hydrogens is 370 g/mol. The molecule has 1 amide bonds. The molecule has 0 radical (unpaired) electrons. The second-order valence-corrected chi connectivity index (χ2v) is 12.5. The van der Waals surface area contributed by atoms with E-state index in [0.29, 0.717) is 19.8 Å². The molecular formula is C22H33NO4Si. The molecule has 0 saturated heterocycles. The highest BCUT2D eigenvalue weighted by Gasteiger charge is 2.28. The summed E-state index contributed by atoms with van der Waals surface area (Å²) in [5, 5.41) is 2.21. The van der Waals surface area contributed by atoms with Crippen LogP contribution in [0.25, 0.3) is 10.8 Å². The summed E-state index contributed by atoms with van der Waals surface area (Å²) in [7, 11) is -1.83. The lowest BCUT2D eigenvalue weighted by atomic mass is 10.1. The predicted octanol–water partition coefficient (Wildman–Crippen LogP) is 5.31. The van der Waals surface area contributed by atoms with Crippen LogP contribution in [0.3, 0.4) is 0 Å². The second kappa shape index (κ2) is 9.93. The zero-order valence-corrected chi connectivity index (χ0v) is 18.9. The summed E-state index contributed by atoms with van der Waals surface area (Å²) >= 11 is 0. The minimum absolute atomic E-state index is 0.0179. The fraction of sp³-hybridized carbons (Fsp3) is 0.500. The van der Waals surface area contributed by atoms with Crippen molar-refractivity contribution in [2.24, 2.45) is 0 Å². The van der Waals surface area contributed by atoms with Crippen molar-refractivity contribution in [3.05, 3.63) is 42.5 Å². The van der Waals surface area contributed by atoms with Gasteiger partial charge in [-0.25, -0.2) is 4.79 Å². The first-order valence-electron chi connectivity index (χ1n) is 9.93. The van der Waals surface area contributed by atoms with Crippen molar-refractivity contribution >= 4 is 25.2 Å². The average Bonchev–Trinajstić information content (AvgIpc) is 2.62. The van der Waals surface area contributed by atoms with E-state index in [2.05, 4.69) is 37.8 Å². The van der Waals surface area contributed by atoms with Gasteiger partial charge in [0.1, 0.15) is 12.4 Å². The Morgan fingerprint density at radius 3 is 2.39 bits per heavy atom. The first-order valence-corrected chi connectivity index (χ1v) is 13.3. The van der Waals surface area contributed by atoms with Gasteiger partial charge in [0.05, 0.1) is 19.3 Å². The van der Waals surface area contributed by atoms with E-state index >= 15 is 0 Å². The Morgan fingerprint density at radius 2 is 1.75 bits per heavy atom. The molecule has 0 bridgehead atoms. The number of carbonyl (C=O) groups excluding carboxylic acids is 1. The van der Waals surface area contributed by atoms with Gasteiger partial charge in [0.15, 0.2) is 8.32 Å². The van der Waals surface area contributed by atoms with Crippen LogP contribution in [0.2, 0.25) is 19.6 Å². The molecule has 6 heteroatoms. The molecule has 0 spiro atoms. The van der Waals surface area contributed by atoms with Crippen molar-refractivity contribution in [2.45, 2.75) is 52.6 Å². The molecule has 0 aliphatic carbocycles. The molecule has 0 aliphatic heterocycles. The van der Waals surface area contributed by atoms with Gasteiger partial charge in [-0.05, 0) is 51.9 Å². The van der Waals surface area contributed by atoms with Gasteiger partial charge in [-0.1, -0.05) is 36.4 Å². The number of hydrogen-bond acceptors (Lipinski definition) is 4. The number of ether oxygens (including phenoxy) is 2. The highest BCUT2D eigenvalue weighted by Crippen LogP contribution is 2.25. The van der Waals surface area contributed by atoms with Crippen LogP contribution in [0, 0.1) is 0 Å². The Morgan fingerprint density at radius 1 is 1.07 bits per heavy atom. The van der Waals surface area contributed by atoms with E-state index in [4.69, 9.17) is 13.9 Å². The third-order valence-corrected chi connectivity index (χ3v) is 5.26. The van der Waals surface area contributed by atoms with Crippen LogP contribution in [0.5, 0.6) is 5.75 Å². The Kier molecular flexibility index (Phi) is 7.89. The lowest BCUT2D eigenvalue weighted by Crippen LogP contribution is -2.47. The standard InChI is InChI=1S/C22H33NO4Si/c1-7-25-22(24)23(17(2)3)15-19(27-28(4,5)6)16-26-21-14-10-12-18-11-8-9-13-20(18)21/h8-14,17,19H,7,15-16H2,1-6H3. The smallest absolute Gasteiger partial charge is 0.410 e. The molecule has 0 heterocycles. The number of nitrogens with zero attached hydrogens (tertiary/aromatic N) is 1. The van der Waals surface area contributed by atoms with Crippen molar-refractivity contribution in [1.82, 2.24) is 4.90 Å². The first-order chi connectivity index (χ1) is 13.2. The largest absolute Gasteiger partial charge is 0.490 e.